The third-order valence-corrected chi connectivity index (χ3v) is 4.86. The molecule has 5 nitrogen and oxygen atoms in total. The van der Waals surface area contributed by atoms with Crippen LogP contribution in [0.2, 0.25) is 0 Å². The monoisotopic (exact) mass is 296 g/mol. The van der Waals surface area contributed by atoms with Gasteiger partial charge in [0.05, 0.1) is 12.0 Å². The number of thioether (sulfide) groups is 1. The first-order valence-corrected chi connectivity index (χ1v) is 7.93. The molecule has 1 aromatic carbocycles. The number of nitro benzene ring substituents is 1. The van der Waals surface area contributed by atoms with Gasteiger partial charge in [-0.25, -0.2) is 0 Å². The van der Waals surface area contributed by atoms with Crippen molar-refractivity contribution in [3.63, 3.8) is 0 Å². The van der Waals surface area contributed by atoms with Crippen molar-refractivity contribution >= 4 is 17.4 Å². The fourth-order valence-electron chi connectivity index (χ4n) is 2.60. The lowest BCUT2D eigenvalue weighted by molar-refractivity contribution is -0.385. The number of nitrogens with one attached hydrogen (secondary N) is 1. The zero-order valence-electron chi connectivity index (χ0n) is 11.8. The van der Waals surface area contributed by atoms with Gasteiger partial charge in [0.2, 0.25) is 0 Å². The number of nitro groups is 1. The van der Waals surface area contributed by atoms with Crippen molar-refractivity contribution < 1.29 is 9.66 Å². The van der Waals surface area contributed by atoms with E-state index in [1.165, 1.54) is 7.11 Å². The minimum absolute atomic E-state index is 0.0515. The van der Waals surface area contributed by atoms with Crippen molar-refractivity contribution in [3.8, 4) is 5.75 Å². The molecule has 0 bridgehead atoms. The van der Waals surface area contributed by atoms with Crippen LogP contribution in [0.5, 0.6) is 5.75 Å². The van der Waals surface area contributed by atoms with Crippen LogP contribution in [-0.4, -0.2) is 36.1 Å². The lowest BCUT2D eigenvalue weighted by atomic mass is 9.94. The number of hydrogen-bond donors (Lipinski definition) is 1. The van der Waals surface area contributed by atoms with E-state index in [0.717, 1.165) is 30.0 Å². The number of benzene rings is 1. The third kappa shape index (κ3) is 3.43. The highest BCUT2D eigenvalue weighted by Crippen LogP contribution is 2.31. The Balaban J connectivity index is 2.13. The van der Waals surface area contributed by atoms with Gasteiger partial charge in [-0.2, -0.15) is 11.8 Å². The Hall–Kier alpha value is -1.27. The molecule has 1 N–H and O–H groups in total. The van der Waals surface area contributed by atoms with Crippen LogP contribution in [0.3, 0.4) is 0 Å². The summed E-state index contributed by atoms with van der Waals surface area (Å²) >= 11 is 1.95. The Morgan fingerprint density at radius 3 is 2.95 bits per heavy atom. The summed E-state index contributed by atoms with van der Waals surface area (Å²) in [5, 5.41) is 14.5. The average molecular weight is 296 g/mol. The fourth-order valence-corrected chi connectivity index (χ4v) is 4.03. The van der Waals surface area contributed by atoms with Crippen molar-refractivity contribution in [1.82, 2.24) is 5.32 Å². The van der Waals surface area contributed by atoms with Crippen molar-refractivity contribution in [3.05, 3.63) is 33.9 Å². The second-order valence-corrected chi connectivity index (χ2v) is 6.00. The highest BCUT2D eigenvalue weighted by Gasteiger charge is 2.27. The van der Waals surface area contributed by atoms with Crippen LogP contribution in [0.4, 0.5) is 5.69 Å². The van der Waals surface area contributed by atoms with Gasteiger partial charge in [0.1, 0.15) is 0 Å². The molecule has 1 heterocycles. The van der Waals surface area contributed by atoms with E-state index in [0.29, 0.717) is 17.7 Å². The zero-order chi connectivity index (χ0) is 14.5. The van der Waals surface area contributed by atoms with Crippen molar-refractivity contribution in [2.45, 2.75) is 19.4 Å². The van der Waals surface area contributed by atoms with Crippen LogP contribution in [0.15, 0.2) is 18.2 Å². The molecule has 2 unspecified atom stereocenters. The molecule has 6 heteroatoms. The Morgan fingerprint density at radius 1 is 1.50 bits per heavy atom. The van der Waals surface area contributed by atoms with Gasteiger partial charge in [0.25, 0.3) is 0 Å². The smallest absolute Gasteiger partial charge is 0.311 e. The van der Waals surface area contributed by atoms with Gasteiger partial charge in [-0.15, -0.1) is 0 Å². The van der Waals surface area contributed by atoms with E-state index in [-0.39, 0.29) is 10.6 Å². The Kier molecular flexibility index (Phi) is 5.25. The topological polar surface area (TPSA) is 64.4 Å². The second kappa shape index (κ2) is 6.95. The van der Waals surface area contributed by atoms with Gasteiger partial charge < -0.3 is 10.1 Å². The molecule has 2 atom stereocenters. The lowest BCUT2D eigenvalue weighted by Crippen LogP contribution is -2.36. The predicted octanol–water partition coefficient (Wildman–Crippen LogP) is 2.49. The molecule has 0 aromatic heterocycles. The maximum absolute atomic E-state index is 11.0. The molecular formula is C14H20N2O3S. The molecule has 1 aliphatic rings. The lowest BCUT2D eigenvalue weighted by Gasteiger charge is -2.19. The first kappa shape index (κ1) is 15.1. The Bertz CT molecular complexity index is 481. The summed E-state index contributed by atoms with van der Waals surface area (Å²) in [6.07, 6.45) is 0.871. The van der Waals surface area contributed by atoms with Gasteiger partial charge in [-0.05, 0) is 36.3 Å². The van der Waals surface area contributed by atoms with Gasteiger partial charge in [0.15, 0.2) is 5.75 Å². The van der Waals surface area contributed by atoms with Crippen molar-refractivity contribution in [2.24, 2.45) is 5.92 Å². The van der Waals surface area contributed by atoms with E-state index >= 15 is 0 Å². The summed E-state index contributed by atoms with van der Waals surface area (Å²) in [7, 11) is 1.46. The van der Waals surface area contributed by atoms with Crippen LogP contribution >= 0.6 is 11.8 Å². The third-order valence-electron chi connectivity index (χ3n) is 3.60. The molecule has 1 saturated heterocycles. The molecule has 20 heavy (non-hydrogen) atoms. The maximum atomic E-state index is 11.0. The molecule has 2 rings (SSSR count). The summed E-state index contributed by atoms with van der Waals surface area (Å²) in [6.45, 7) is 3.07. The quantitative estimate of drug-likeness (QED) is 0.645. The summed E-state index contributed by atoms with van der Waals surface area (Å²) in [6, 6.07) is 5.77. The molecule has 0 spiro atoms. The highest BCUT2D eigenvalue weighted by molar-refractivity contribution is 7.99. The van der Waals surface area contributed by atoms with Gasteiger partial charge in [-0.3, -0.25) is 10.1 Å². The predicted molar refractivity (Wildman–Crippen MR) is 81.6 cm³/mol. The van der Waals surface area contributed by atoms with E-state index in [1.807, 2.05) is 17.8 Å². The molecule has 0 aliphatic carbocycles. The van der Waals surface area contributed by atoms with E-state index < -0.39 is 0 Å². The summed E-state index contributed by atoms with van der Waals surface area (Å²) in [5.74, 6) is 3.09. The molecular weight excluding hydrogens is 276 g/mol. The van der Waals surface area contributed by atoms with Gasteiger partial charge >= 0.3 is 5.69 Å². The Labute approximate surface area is 123 Å². The second-order valence-electron chi connectivity index (χ2n) is 4.93. The van der Waals surface area contributed by atoms with E-state index in [9.17, 15) is 10.1 Å². The fraction of sp³-hybridized carbons (Fsp3) is 0.571. The normalized spacial score (nSPS) is 21.9. The number of nitrogens with zero attached hydrogens (tertiary/aromatic N) is 1. The van der Waals surface area contributed by atoms with Crippen LogP contribution in [0, 0.1) is 16.0 Å². The summed E-state index contributed by atoms with van der Waals surface area (Å²) < 4.78 is 5.03. The minimum Gasteiger partial charge on any atom is -0.490 e. The number of hydrogen-bond acceptors (Lipinski definition) is 5. The van der Waals surface area contributed by atoms with Crippen molar-refractivity contribution in [1.29, 1.82) is 0 Å². The first-order valence-electron chi connectivity index (χ1n) is 6.78. The number of rotatable bonds is 6. The molecule has 1 fully saturated rings. The highest BCUT2D eigenvalue weighted by atomic mass is 32.2. The Morgan fingerprint density at radius 2 is 2.30 bits per heavy atom. The van der Waals surface area contributed by atoms with Crippen molar-refractivity contribution in [2.75, 3.05) is 25.2 Å². The molecule has 1 aromatic rings. The van der Waals surface area contributed by atoms with Crippen LogP contribution in [0.25, 0.3) is 0 Å². The van der Waals surface area contributed by atoms with E-state index in [4.69, 9.17) is 4.74 Å². The maximum Gasteiger partial charge on any atom is 0.311 e. The molecule has 0 radical (unpaired) electrons. The zero-order valence-corrected chi connectivity index (χ0v) is 12.6. The number of ether oxygens (including phenoxy) is 1. The SMILES string of the molecule is CCNC1CSCC1Cc1ccc(OC)c([N+](=O)[O-])c1. The molecule has 1 aliphatic heterocycles. The average Bonchev–Trinajstić information content (AvgIpc) is 2.86. The summed E-state index contributed by atoms with van der Waals surface area (Å²) in [4.78, 5) is 10.7. The van der Waals surface area contributed by atoms with Gasteiger partial charge in [-0.1, -0.05) is 13.0 Å². The first-order chi connectivity index (χ1) is 9.65. The van der Waals surface area contributed by atoms with Crippen LogP contribution in [0.1, 0.15) is 12.5 Å². The minimum atomic E-state index is -0.381. The summed E-state index contributed by atoms with van der Waals surface area (Å²) in [5.41, 5.74) is 1.06. The van der Waals surface area contributed by atoms with Gasteiger partial charge in [0, 0.05) is 17.9 Å². The van der Waals surface area contributed by atoms with Crippen LogP contribution < -0.4 is 10.1 Å². The molecule has 110 valence electrons. The number of methoxy groups -OCH3 is 1. The van der Waals surface area contributed by atoms with E-state index in [1.54, 1.807) is 12.1 Å². The standard InChI is InChI=1S/C14H20N2O3S/c1-3-15-12-9-20-8-11(12)6-10-4-5-14(19-2)13(7-10)16(17)18/h4-5,7,11-12,15H,3,6,8-9H2,1-2H3. The van der Waals surface area contributed by atoms with Crippen LogP contribution in [-0.2, 0) is 6.42 Å². The molecule has 0 saturated carbocycles. The van der Waals surface area contributed by atoms with E-state index in [2.05, 4.69) is 12.2 Å². The molecule has 0 amide bonds. The largest absolute Gasteiger partial charge is 0.490 e.